The van der Waals surface area contributed by atoms with Crippen molar-refractivity contribution in [2.75, 3.05) is 30.3 Å². The highest BCUT2D eigenvalue weighted by atomic mass is 32.2. The molecule has 0 aromatic heterocycles. The van der Waals surface area contributed by atoms with Crippen LogP contribution in [0.4, 0.5) is 5.69 Å². The van der Waals surface area contributed by atoms with Gasteiger partial charge in [0.1, 0.15) is 0 Å². The molecule has 0 bridgehead atoms. The van der Waals surface area contributed by atoms with E-state index in [4.69, 9.17) is 0 Å². The zero-order valence-corrected chi connectivity index (χ0v) is 14.7. The highest BCUT2D eigenvalue weighted by Crippen LogP contribution is 2.56. The molecule has 1 aromatic carbocycles. The second-order valence-electron chi connectivity index (χ2n) is 7.30. The number of carbonyl (C=O) groups is 1. The minimum atomic E-state index is -3.19. The Morgan fingerprint density at radius 2 is 1.83 bits per heavy atom. The second kappa shape index (κ2) is 5.85. The van der Waals surface area contributed by atoms with Crippen LogP contribution >= 0.6 is 0 Å². The lowest BCUT2D eigenvalue weighted by molar-refractivity contribution is -0.118. The number of para-hydroxylation sites is 1. The third-order valence-electron chi connectivity index (χ3n) is 5.63. The predicted molar refractivity (Wildman–Crippen MR) is 93.5 cm³/mol. The predicted octanol–water partition coefficient (Wildman–Crippen LogP) is 2.27. The number of benzene rings is 1. The van der Waals surface area contributed by atoms with Crippen molar-refractivity contribution in [3.8, 4) is 0 Å². The molecular weight excluding hydrogens is 324 g/mol. The average molecular weight is 348 g/mol. The quantitative estimate of drug-likeness (QED) is 0.820. The summed E-state index contributed by atoms with van der Waals surface area (Å²) in [6.45, 7) is 2.04. The molecule has 130 valence electrons. The molecule has 2 fully saturated rings. The fraction of sp³-hybridized carbons (Fsp3) is 0.611. The van der Waals surface area contributed by atoms with Crippen molar-refractivity contribution in [2.45, 2.75) is 43.9 Å². The lowest BCUT2D eigenvalue weighted by Crippen LogP contribution is -2.33. The second-order valence-corrected chi connectivity index (χ2v) is 9.39. The standard InChI is InChI=1S/C18H24N2O3S/c21-17(8-5-13-24(22,23)19-11-3-4-12-19)20-14-18(9-10-18)15-6-1-2-7-16(15)20/h1-2,6-7H,3-5,8-14H2. The number of anilines is 1. The van der Waals surface area contributed by atoms with Gasteiger partial charge in [-0.15, -0.1) is 0 Å². The van der Waals surface area contributed by atoms with Crippen LogP contribution in [0.25, 0.3) is 0 Å². The van der Waals surface area contributed by atoms with Crippen molar-refractivity contribution in [2.24, 2.45) is 0 Å². The Kier molecular flexibility index (Phi) is 3.92. The molecule has 1 saturated carbocycles. The summed E-state index contributed by atoms with van der Waals surface area (Å²) < 4.78 is 26.1. The fourth-order valence-corrected chi connectivity index (χ4v) is 5.65. The summed E-state index contributed by atoms with van der Waals surface area (Å²) in [5.41, 5.74) is 2.51. The van der Waals surface area contributed by atoms with E-state index in [0.717, 1.165) is 37.9 Å². The largest absolute Gasteiger partial charge is 0.311 e. The van der Waals surface area contributed by atoms with E-state index >= 15 is 0 Å². The lowest BCUT2D eigenvalue weighted by Gasteiger charge is -2.19. The molecule has 3 aliphatic rings. The molecule has 0 unspecified atom stereocenters. The Hall–Kier alpha value is -1.40. The summed E-state index contributed by atoms with van der Waals surface area (Å²) in [5.74, 6) is 0.141. The summed E-state index contributed by atoms with van der Waals surface area (Å²) in [5, 5.41) is 0. The van der Waals surface area contributed by atoms with Gasteiger partial charge < -0.3 is 4.90 Å². The van der Waals surface area contributed by atoms with Crippen molar-refractivity contribution < 1.29 is 13.2 Å². The van der Waals surface area contributed by atoms with Crippen LogP contribution in [0.3, 0.4) is 0 Å². The van der Waals surface area contributed by atoms with Gasteiger partial charge in [0.05, 0.1) is 5.75 Å². The highest BCUT2D eigenvalue weighted by molar-refractivity contribution is 7.89. The maximum atomic E-state index is 12.6. The molecule has 6 heteroatoms. The zero-order chi connectivity index (χ0) is 16.8. The van der Waals surface area contributed by atoms with Crippen molar-refractivity contribution in [3.63, 3.8) is 0 Å². The van der Waals surface area contributed by atoms with Crippen LogP contribution < -0.4 is 4.90 Å². The van der Waals surface area contributed by atoms with E-state index in [9.17, 15) is 13.2 Å². The highest BCUT2D eigenvalue weighted by Gasteiger charge is 2.52. The van der Waals surface area contributed by atoms with Gasteiger partial charge in [0, 0.05) is 37.2 Å². The molecule has 0 atom stereocenters. The minimum absolute atomic E-state index is 0.0582. The average Bonchev–Trinajstić information content (AvgIpc) is 2.99. The molecule has 2 heterocycles. The van der Waals surface area contributed by atoms with Gasteiger partial charge in [-0.3, -0.25) is 4.79 Å². The van der Waals surface area contributed by atoms with Gasteiger partial charge >= 0.3 is 0 Å². The van der Waals surface area contributed by atoms with E-state index in [1.807, 2.05) is 23.1 Å². The van der Waals surface area contributed by atoms with Gasteiger partial charge in [0.15, 0.2) is 0 Å². The third kappa shape index (κ3) is 2.75. The molecule has 24 heavy (non-hydrogen) atoms. The van der Waals surface area contributed by atoms with E-state index in [2.05, 4.69) is 6.07 Å². The number of rotatable bonds is 5. The molecule has 1 amide bonds. The van der Waals surface area contributed by atoms with Gasteiger partial charge in [0.25, 0.3) is 0 Å². The molecule has 5 nitrogen and oxygen atoms in total. The minimum Gasteiger partial charge on any atom is -0.311 e. The monoisotopic (exact) mass is 348 g/mol. The molecule has 1 saturated heterocycles. The van der Waals surface area contributed by atoms with Gasteiger partial charge in [-0.05, 0) is 43.7 Å². The molecule has 2 aliphatic heterocycles. The third-order valence-corrected chi connectivity index (χ3v) is 7.59. The molecule has 1 aliphatic carbocycles. The molecule has 4 rings (SSSR count). The van der Waals surface area contributed by atoms with Gasteiger partial charge in [-0.25, -0.2) is 12.7 Å². The summed E-state index contributed by atoms with van der Waals surface area (Å²) in [6, 6.07) is 8.16. The molecule has 0 radical (unpaired) electrons. The molecular formula is C18H24N2O3S. The fourth-order valence-electron chi connectivity index (χ4n) is 4.07. The van der Waals surface area contributed by atoms with Crippen LogP contribution in [0, 0.1) is 0 Å². The zero-order valence-electron chi connectivity index (χ0n) is 13.9. The summed E-state index contributed by atoms with van der Waals surface area (Å²) >= 11 is 0. The molecule has 1 spiro atoms. The first-order valence-electron chi connectivity index (χ1n) is 8.90. The van der Waals surface area contributed by atoms with Gasteiger partial charge in [0.2, 0.25) is 15.9 Å². The first-order chi connectivity index (χ1) is 11.5. The summed E-state index contributed by atoms with van der Waals surface area (Å²) in [7, 11) is -3.19. The number of carbonyl (C=O) groups excluding carboxylic acids is 1. The van der Waals surface area contributed by atoms with Gasteiger partial charge in [-0.1, -0.05) is 18.2 Å². The van der Waals surface area contributed by atoms with Crippen LogP contribution in [0.5, 0.6) is 0 Å². The smallest absolute Gasteiger partial charge is 0.227 e. The summed E-state index contributed by atoms with van der Waals surface area (Å²) in [4.78, 5) is 14.5. The van der Waals surface area contributed by atoms with E-state index in [0.29, 0.717) is 25.9 Å². The first-order valence-corrected chi connectivity index (χ1v) is 10.5. The van der Waals surface area contributed by atoms with Crippen LogP contribution in [-0.2, 0) is 20.2 Å². The number of hydrogen-bond donors (Lipinski definition) is 0. The SMILES string of the molecule is O=C(CCCS(=O)(=O)N1CCCC1)N1CC2(CC2)c2ccccc21. The Labute approximate surface area is 143 Å². The number of nitrogens with zero attached hydrogens (tertiary/aromatic N) is 2. The van der Waals surface area contributed by atoms with Crippen molar-refractivity contribution >= 4 is 21.6 Å². The van der Waals surface area contributed by atoms with Crippen LogP contribution in [0.2, 0.25) is 0 Å². The Morgan fingerprint density at radius 3 is 2.54 bits per heavy atom. The number of sulfonamides is 1. The van der Waals surface area contributed by atoms with Crippen LogP contribution in [0.1, 0.15) is 44.1 Å². The van der Waals surface area contributed by atoms with E-state index in [-0.39, 0.29) is 17.1 Å². The van der Waals surface area contributed by atoms with E-state index in [1.54, 1.807) is 4.31 Å². The van der Waals surface area contributed by atoms with Crippen LogP contribution in [-0.4, -0.2) is 44.0 Å². The molecule has 0 N–H and O–H groups in total. The van der Waals surface area contributed by atoms with Crippen molar-refractivity contribution in [3.05, 3.63) is 29.8 Å². The number of amides is 1. The topological polar surface area (TPSA) is 57.7 Å². The normalized spacial score (nSPS) is 22.1. The number of hydrogen-bond acceptors (Lipinski definition) is 3. The van der Waals surface area contributed by atoms with Crippen molar-refractivity contribution in [1.82, 2.24) is 4.31 Å². The number of fused-ring (bicyclic) bond motifs is 2. The Bertz CT molecular complexity index is 749. The first kappa shape index (κ1) is 16.1. The van der Waals surface area contributed by atoms with Gasteiger partial charge in [-0.2, -0.15) is 0 Å². The Morgan fingerprint density at radius 1 is 1.12 bits per heavy atom. The maximum absolute atomic E-state index is 12.6. The molecule has 1 aromatic rings. The lowest BCUT2D eigenvalue weighted by atomic mass is 9.99. The maximum Gasteiger partial charge on any atom is 0.227 e. The Balaban J connectivity index is 1.37. The summed E-state index contributed by atoms with van der Waals surface area (Å²) in [6.07, 6.45) is 4.91. The van der Waals surface area contributed by atoms with Crippen LogP contribution in [0.15, 0.2) is 24.3 Å². The van der Waals surface area contributed by atoms with Crippen molar-refractivity contribution in [1.29, 1.82) is 0 Å². The van der Waals surface area contributed by atoms with E-state index < -0.39 is 10.0 Å². The van der Waals surface area contributed by atoms with E-state index in [1.165, 1.54) is 5.56 Å².